The Balaban J connectivity index is 1.34. The first-order valence-electron chi connectivity index (χ1n) is 11.3. The van der Waals surface area contributed by atoms with E-state index in [-0.39, 0.29) is 11.7 Å². The number of H-pyrrole nitrogens is 1. The van der Waals surface area contributed by atoms with Crippen LogP contribution in [-0.4, -0.2) is 53.0 Å². The molecule has 0 radical (unpaired) electrons. The first-order valence-corrected chi connectivity index (χ1v) is 11.6. The molecule has 1 saturated heterocycles. The maximum absolute atomic E-state index is 14.0. The molecule has 6 nitrogen and oxygen atoms in total. The first-order chi connectivity index (χ1) is 16.5. The van der Waals surface area contributed by atoms with Crippen molar-refractivity contribution in [2.24, 2.45) is 5.73 Å². The maximum Gasteiger partial charge on any atom is 0.239 e. The quantitative estimate of drug-likeness (QED) is 0.450. The lowest BCUT2D eigenvalue weighted by Gasteiger charge is -2.38. The number of halogens is 2. The molecule has 0 aliphatic carbocycles. The zero-order chi connectivity index (χ0) is 23.7. The number of aromatic nitrogens is 2. The number of nitrogens with two attached hydrogens (primary N) is 1. The summed E-state index contributed by atoms with van der Waals surface area (Å²) >= 11 is 5.95. The number of hydrogen-bond acceptors (Lipinski definition) is 4. The summed E-state index contributed by atoms with van der Waals surface area (Å²) in [5.41, 5.74) is 10.6. The molecule has 0 unspecified atom stereocenters. The van der Waals surface area contributed by atoms with E-state index >= 15 is 0 Å². The number of amides is 1. The molecule has 1 aliphatic heterocycles. The number of carbonyl (C=O) groups excluding carboxylic acids is 1. The monoisotopic (exact) mass is 477 g/mol. The van der Waals surface area contributed by atoms with Crippen LogP contribution < -0.4 is 10.6 Å². The Bertz CT molecular complexity index is 1310. The number of hydrogen-bond donors (Lipinski definition) is 2. The third-order valence-electron chi connectivity index (χ3n) is 6.29. The van der Waals surface area contributed by atoms with Crippen molar-refractivity contribution in [3.8, 4) is 11.1 Å². The topological polar surface area (TPSA) is 78.2 Å². The number of carbonyl (C=O) groups is 1. The van der Waals surface area contributed by atoms with Crippen LogP contribution in [0, 0.1) is 5.82 Å². The molecule has 1 aliphatic rings. The van der Waals surface area contributed by atoms with E-state index in [4.69, 9.17) is 17.3 Å². The summed E-state index contributed by atoms with van der Waals surface area (Å²) in [7, 11) is 0. The molecule has 4 aromatic rings. The molecular weight excluding hydrogens is 453 g/mol. The summed E-state index contributed by atoms with van der Waals surface area (Å²) in [6.07, 6.45) is 4.10. The summed E-state index contributed by atoms with van der Waals surface area (Å²) in [6, 6.07) is 15.3. The van der Waals surface area contributed by atoms with Crippen molar-refractivity contribution < 1.29 is 9.18 Å². The van der Waals surface area contributed by atoms with Crippen LogP contribution >= 0.6 is 11.6 Å². The summed E-state index contributed by atoms with van der Waals surface area (Å²) < 4.78 is 14.0. The number of nitrogens with one attached hydrogen (secondary N) is 1. The minimum atomic E-state index is -0.604. The van der Waals surface area contributed by atoms with Crippen LogP contribution in [0.1, 0.15) is 5.56 Å². The molecule has 2 aromatic carbocycles. The maximum atomic E-state index is 14.0. The highest BCUT2D eigenvalue weighted by Gasteiger charge is 2.27. The molecule has 174 valence electrons. The van der Waals surface area contributed by atoms with Crippen LogP contribution in [0.15, 0.2) is 67.0 Å². The fourth-order valence-corrected chi connectivity index (χ4v) is 4.67. The zero-order valence-corrected chi connectivity index (χ0v) is 19.3. The molecule has 5 rings (SSSR count). The van der Waals surface area contributed by atoms with Gasteiger partial charge in [0, 0.05) is 54.5 Å². The van der Waals surface area contributed by atoms with Crippen LogP contribution in [0.4, 0.5) is 10.1 Å². The third kappa shape index (κ3) is 4.49. The lowest BCUT2D eigenvalue weighted by molar-refractivity contribution is -0.132. The number of anilines is 1. The number of benzene rings is 2. The number of piperazine rings is 1. The van der Waals surface area contributed by atoms with Crippen molar-refractivity contribution in [2.45, 2.75) is 12.5 Å². The van der Waals surface area contributed by atoms with Gasteiger partial charge in [-0.3, -0.25) is 4.79 Å². The van der Waals surface area contributed by atoms with Crippen molar-refractivity contribution in [3.05, 3.63) is 83.4 Å². The number of fused-ring (bicyclic) bond motifs is 1. The average Bonchev–Trinajstić information content (AvgIpc) is 3.33. The van der Waals surface area contributed by atoms with Crippen LogP contribution in [0.2, 0.25) is 5.02 Å². The minimum absolute atomic E-state index is 0.0542. The fourth-order valence-electron chi connectivity index (χ4n) is 4.55. The Kier molecular flexibility index (Phi) is 6.22. The highest BCUT2D eigenvalue weighted by atomic mass is 35.5. The third-order valence-corrected chi connectivity index (χ3v) is 6.54. The van der Waals surface area contributed by atoms with E-state index in [1.165, 1.54) is 12.1 Å². The second kappa shape index (κ2) is 9.44. The normalized spacial score (nSPS) is 15.0. The van der Waals surface area contributed by atoms with Gasteiger partial charge in [0.25, 0.3) is 0 Å². The van der Waals surface area contributed by atoms with Gasteiger partial charge in [-0.2, -0.15) is 0 Å². The fraction of sp³-hybridized carbons (Fsp3) is 0.231. The Morgan fingerprint density at radius 3 is 2.62 bits per heavy atom. The van der Waals surface area contributed by atoms with Crippen molar-refractivity contribution in [1.82, 2.24) is 14.9 Å². The number of rotatable bonds is 5. The molecule has 3 heterocycles. The van der Waals surface area contributed by atoms with Gasteiger partial charge in [0.15, 0.2) is 0 Å². The molecule has 3 N–H and O–H groups in total. The van der Waals surface area contributed by atoms with E-state index in [0.717, 1.165) is 33.4 Å². The summed E-state index contributed by atoms with van der Waals surface area (Å²) in [5.74, 6) is -0.343. The molecule has 0 spiro atoms. The van der Waals surface area contributed by atoms with E-state index in [9.17, 15) is 9.18 Å². The van der Waals surface area contributed by atoms with Crippen molar-refractivity contribution >= 4 is 34.2 Å². The highest BCUT2D eigenvalue weighted by Crippen LogP contribution is 2.37. The molecule has 0 bridgehead atoms. The lowest BCUT2D eigenvalue weighted by atomic mass is 10.0. The smallest absolute Gasteiger partial charge is 0.239 e. The Labute approximate surface area is 202 Å². The van der Waals surface area contributed by atoms with E-state index in [0.29, 0.717) is 37.6 Å². The molecule has 1 fully saturated rings. The van der Waals surface area contributed by atoms with Gasteiger partial charge >= 0.3 is 0 Å². The van der Waals surface area contributed by atoms with Gasteiger partial charge in [-0.25, -0.2) is 9.37 Å². The molecular formula is C26H25ClFN5O. The lowest BCUT2D eigenvalue weighted by Crippen LogP contribution is -2.53. The number of nitrogens with zero attached hydrogens (tertiary/aromatic N) is 3. The predicted octanol–water partition coefficient (Wildman–Crippen LogP) is 4.24. The number of aromatic amines is 1. The van der Waals surface area contributed by atoms with E-state index in [2.05, 4.69) is 14.9 Å². The Morgan fingerprint density at radius 2 is 1.88 bits per heavy atom. The van der Waals surface area contributed by atoms with Crippen LogP contribution in [0.25, 0.3) is 22.2 Å². The van der Waals surface area contributed by atoms with E-state index in [1.54, 1.807) is 24.4 Å². The van der Waals surface area contributed by atoms with Crippen molar-refractivity contribution in [2.75, 3.05) is 31.1 Å². The van der Waals surface area contributed by atoms with E-state index in [1.807, 2.05) is 35.4 Å². The Hall–Kier alpha value is -3.42. The summed E-state index contributed by atoms with van der Waals surface area (Å²) in [6.45, 7) is 2.41. The van der Waals surface area contributed by atoms with Gasteiger partial charge in [-0.1, -0.05) is 35.9 Å². The first kappa shape index (κ1) is 22.4. The van der Waals surface area contributed by atoms with Crippen LogP contribution in [-0.2, 0) is 11.2 Å². The second-order valence-electron chi connectivity index (χ2n) is 8.52. The van der Waals surface area contributed by atoms with Gasteiger partial charge in [0.1, 0.15) is 11.5 Å². The average molecular weight is 478 g/mol. The van der Waals surface area contributed by atoms with Gasteiger partial charge in [-0.05, 0) is 47.9 Å². The Morgan fingerprint density at radius 1 is 1.12 bits per heavy atom. The molecule has 1 atom stereocenters. The number of pyridine rings is 1. The van der Waals surface area contributed by atoms with Crippen LogP contribution in [0.3, 0.4) is 0 Å². The standard InChI is InChI=1S/C26H25ClFN5O/c27-19-6-4-17(5-7-19)14-23(29)26(34)33-12-10-32(11-13-33)24-21-8-9-30-25(21)31-16-22(24)18-2-1-3-20(28)15-18/h1-9,15-16,23H,10-14,29H2,(H,30,31)/t23-/m1/s1. The molecule has 34 heavy (non-hydrogen) atoms. The summed E-state index contributed by atoms with van der Waals surface area (Å²) in [5, 5.41) is 1.63. The SMILES string of the molecule is N[C@H](Cc1ccc(Cl)cc1)C(=O)N1CCN(c2c(-c3cccc(F)c3)cnc3[nH]ccc23)CC1. The largest absolute Gasteiger partial charge is 0.367 e. The molecule has 8 heteroatoms. The molecule has 2 aromatic heterocycles. The molecule has 0 saturated carbocycles. The highest BCUT2D eigenvalue weighted by molar-refractivity contribution is 6.30. The zero-order valence-electron chi connectivity index (χ0n) is 18.5. The second-order valence-corrected chi connectivity index (χ2v) is 8.96. The van der Waals surface area contributed by atoms with Gasteiger partial charge in [-0.15, -0.1) is 0 Å². The molecule has 1 amide bonds. The van der Waals surface area contributed by atoms with Gasteiger partial charge in [0.2, 0.25) is 5.91 Å². The predicted molar refractivity (Wildman–Crippen MR) is 133 cm³/mol. The minimum Gasteiger partial charge on any atom is -0.367 e. The van der Waals surface area contributed by atoms with Gasteiger partial charge < -0.3 is 20.5 Å². The van der Waals surface area contributed by atoms with E-state index < -0.39 is 6.04 Å². The van der Waals surface area contributed by atoms with Crippen molar-refractivity contribution in [3.63, 3.8) is 0 Å². The van der Waals surface area contributed by atoms with Gasteiger partial charge in [0.05, 0.1) is 11.7 Å². The summed E-state index contributed by atoms with van der Waals surface area (Å²) in [4.78, 5) is 24.8. The van der Waals surface area contributed by atoms with Crippen molar-refractivity contribution in [1.29, 1.82) is 0 Å². The van der Waals surface area contributed by atoms with Crippen LogP contribution in [0.5, 0.6) is 0 Å².